The summed E-state index contributed by atoms with van der Waals surface area (Å²) in [6.45, 7) is 0.0956. The number of hydrogen-bond donors (Lipinski definition) is 2. The standard InChI is InChI=1S/C13H9ClF3NO3/c14-9-5-7(13(15,16)17)1-3-10(9)18-6-8-2-4-11(21-8)12(19)20/h1-5,18H,6H2,(H,19,20). The van der Waals surface area contributed by atoms with Crippen LogP contribution in [-0.4, -0.2) is 11.1 Å². The van der Waals surface area contributed by atoms with E-state index >= 15 is 0 Å². The molecule has 0 saturated carbocycles. The molecule has 0 saturated heterocycles. The van der Waals surface area contributed by atoms with Gasteiger partial charge in [-0.1, -0.05) is 11.6 Å². The van der Waals surface area contributed by atoms with Gasteiger partial charge in [0.1, 0.15) is 5.76 Å². The van der Waals surface area contributed by atoms with Crippen molar-refractivity contribution in [2.45, 2.75) is 12.7 Å². The molecule has 0 spiro atoms. The Hall–Kier alpha value is -2.15. The first-order valence-corrected chi connectivity index (χ1v) is 6.08. The van der Waals surface area contributed by atoms with Gasteiger partial charge in [0.2, 0.25) is 5.76 Å². The van der Waals surface area contributed by atoms with Crippen LogP contribution in [0.4, 0.5) is 18.9 Å². The molecule has 0 aliphatic carbocycles. The molecule has 0 radical (unpaired) electrons. The predicted octanol–water partition coefficient (Wildman–Crippen LogP) is 4.26. The first-order chi connectivity index (χ1) is 9.77. The summed E-state index contributed by atoms with van der Waals surface area (Å²) in [5, 5.41) is 11.4. The number of furan rings is 1. The maximum absolute atomic E-state index is 12.5. The summed E-state index contributed by atoms with van der Waals surface area (Å²) >= 11 is 5.77. The zero-order valence-electron chi connectivity index (χ0n) is 10.4. The minimum Gasteiger partial charge on any atom is -0.475 e. The van der Waals surface area contributed by atoms with Gasteiger partial charge >= 0.3 is 12.1 Å². The van der Waals surface area contributed by atoms with Crippen LogP contribution in [0.2, 0.25) is 5.02 Å². The number of rotatable bonds is 4. The number of nitrogens with one attached hydrogen (secondary N) is 1. The van der Waals surface area contributed by atoms with E-state index in [0.29, 0.717) is 5.76 Å². The quantitative estimate of drug-likeness (QED) is 0.883. The minimum atomic E-state index is -4.46. The average molecular weight is 320 g/mol. The molecular weight excluding hydrogens is 311 g/mol. The molecule has 2 rings (SSSR count). The molecule has 0 aliphatic rings. The molecule has 1 heterocycles. The number of carboxylic acids is 1. The highest BCUT2D eigenvalue weighted by atomic mass is 35.5. The second-order valence-corrected chi connectivity index (χ2v) is 4.52. The van der Waals surface area contributed by atoms with Crippen LogP contribution in [0.1, 0.15) is 21.9 Å². The fourth-order valence-electron chi connectivity index (χ4n) is 1.61. The molecule has 21 heavy (non-hydrogen) atoms. The molecule has 2 N–H and O–H groups in total. The Labute approximate surface area is 122 Å². The van der Waals surface area contributed by atoms with E-state index in [1.165, 1.54) is 18.2 Å². The van der Waals surface area contributed by atoms with Crippen molar-refractivity contribution in [2.75, 3.05) is 5.32 Å². The average Bonchev–Trinajstić information content (AvgIpc) is 2.85. The predicted molar refractivity (Wildman–Crippen MR) is 69.4 cm³/mol. The van der Waals surface area contributed by atoms with E-state index in [0.717, 1.165) is 12.1 Å². The van der Waals surface area contributed by atoms with E-state index in [1.807, 2.05) is 0 Å². The smallest absolute Gasteiger partial charge is 0.416 e. The molecule has 0 atom stereocenters. The molecule has 0 bridgehead atoms. The fourth-order valence-corrected chi connectivity index (χ4v) is 1.85. The first kappa shape index (κ1) is 15.2. The summed E-state index contributed by atoms with van der Waals surface area (Å²) in [7, 11) is 0. The third-order valence-electron chi connectivity index (χ3n) is 2.62. The Kier molecular flexibility index (Phi) is 4.13. The van der Waals surface area contributed by atoms with Crippen molar-refractivity contribution >= 4 is 23.3 Å². The summed E-state index contributed by atoms with van der Waals surface area (Å²) in [5.41, 5.74) is -0.554. The van der Waals surface area contributed by atoms with Crippen LogP contribution in [0.3, 0.4) is 0 Å². The highest BCUT2D eigenvalue weighted by molar-refractivity contribution is 6.33. The van der Waals surface area contributed by atoms with Crippen molar-refractivity contribution in [1.82, 2.24) is 0 Å². The maximum Gasteiger partial charge on any atom is 0.416 e. The van der Waals surface area contributed by atoms with Crippen LogP contribution < -0.4 is 5.32 Å². The highest BCUT2D eigenvalue weighted by Crippen LogP contribution is 2.33. The normalized spacial score (nSPS) is 11.4. The summed E-state index contributed by atoms with van der Waals surface area (Å²) in [4.78, 5) is 10.6. The highest BCUT2D eigenvalue weighted by Gasteiger charge is 2.30. The third kappa shape index (κ3) is 3.69. The van der Waals surface area contributed by atoms with Crippen molar-refractivity contribution in [2.24, 2.45) is 0 Å². The van der Waals surface area contributed by atoms with Crippen LogP contribution in [0.15, 0.2) is 34.7 Å². The van der Waals surface area contributed by atoms with Gasteiger partial charge in [-0.25, -0.2) is 4.79 Å². The summed E-state index contributed by atoms with van der Waals surface area (Å²) in [6, 6.07) is 5.65. The monoisotopic (exact) mass is 319 g/mol. The Balaban J connectivity index is 2.08. The molecule has 0 aliphatic heterocycles. The number of benzene rings is 1. The Morgan fingerprint density at radius 1 is 1.29 bits per heavy atom. The van der Waals surface area contributed by atoms with E-state index in [9.17, 15) is 18.0 Å². The van der Waals surface area contributed by atoms with Crippen LogP contribution >= 0.6 is 11.6 Å². The number of aromatic carboxylic acids is 1. The Morgan fingerprint density at radius 2 is 2.00 bits per heavy atom. The van der Waals surface area contributed by atoms with Gasteiger partial charge in [0.25, 0.3) is 0 Å². The van der Waals surface area contributed by atoms with Gasteiger partial charge in [0.05, 0.1) is 22.8 Å². The zero-order chi connectivity index (χ0) is 15.6. The van der Waals surface area contributed by atoms with Gasteiger partial charge in [-0.15, -0.1) is 0 Å². The van der Waals surface area contributed by atoms with Crippen molar-refractivity contribution in [3.8, 4) is 0 Å². The largest absolute Gasteiger partial charge is 0.475 e. The van der Waals surface area contributed by atoms with E-state index in [1.54, 1.807) is 0 Å². The van der Waals surface area contributed by atoms with E-state index in [-0.39, 0.29) is 23.0 Å². The third-order valence-corrected chi connectivity index (χ3v) is 2.93. The van der Waals surface area contributed by atoms with Crippen LogP contribution in [0.25, 0.3) is 0 Å². The number of hydrogen-bond acceptors (Lipinski definition) is 3. The molecule has 0 amide bonds. The molecule has 0 unspecified atom stereocenters. The lowest BCUT2D eigenvalue weighted by atomic mass is 10.2. The molecule has 8 heteroatoms. The molecule has 2 aromatic rings. The number of anilines is 1. The summed E-state index contributed by atoms with van der Waals surface area (Å²) in [5.74, 6) is -1.09. The van der Waals surface area contributed by atoms with Crippen LogP contribution in [0.5, 0.6) is 0 Å². The van der Waals surface area contributed by atoms with Crippen LogP contribution in [0, 0.1) is 0 Å². The van der Waals surface area contributed by atoms with Crippen LogP contribution in [-0.2, 0) is 12.7 Å². The van der Waals surface area contributed by atoms with Crippen molar-refractivity contribution in [1.29, 1.82) is 0 Å². The van der Waals surface area contributed by atoms with E-state index in [4.69, 9.17) is 21.1 Å². The number of carboxylic acid groups (broad SMARTS) is 1. The van der Waals surface area contributed by atoms with E-state index < -0.39 is 17.7 Å². The second kappa shape index (κ2) is 5.69. The molecule has 112 valence electrons. The number of alkyl halides is 3. The molecule has 1 aromatic heterocycles. The summed E-state index contributed by atoms with van der Waals surface area (Å²) < 4.78 is 42.4. The van der Waals surface area contributed by atoms with Gasteiger partial charge in [0.15, 0.2) is 0 Å². The van der Waals surface area contributed by atoms with Gasteiger partial charge in [-0.3, -0.25) is 0 Å². The maximum atomic E-state index is 12.5. The van der Waals surface area contributed by atoms with Crippen molar-refractivity contribution in [3.05, 3.63) is 52.4 Å². The van der Waals surface area contributed by atoms with Gasteiger partial charge in [-0.2, -0.15) is 13.2 Å². The lowest BCUT2D eigenvalue weighted by Crippen LogP contribution is -2.06. The second-order valence-electron chi connectivity index (χ2n) is 4.12. The minimum absolute atomic E-state index is 0.0881. The SMILES string of the molecule is O=C(O)c1ccc(CNc2ccc(C(F)(F)F)cc2Cl)o1. The summed E-state index contributed by atoms with van der Waals surface area (Å²) in [6.07, 6.45) is -4.46. The molecule has 0 fully saturated rings. The van der Waals surface area contributed by atoms with Crippen molar-refractivity contribution in [3.63, 3.8) is 0 Å². The Morgan fingerprint density at radius 3 is 2.52 bits per heavy atom. The van der Waals surface area contributed by atoms with Gasteiger partial charge in [0, 0.05) is 0 Å². The lowest BCUT2D eigenvalue weighted by Gasteiger charge is -2.11. The van der Waals surface area contributed by atoms with Gasteiger partial charge < -0.3 is 14.8 Å². The lowest BCUT2D eigenvalue weighted by molar-refractivity contribution is -0.137. The van der Waals surface area contributed by atoms with Gasteiger partial charge in [-0.05, 0) is 30.3 Å². The van der Waals surface area contributed by atoms with E-state index in [2.05, 4.69) is 5.32 Å². The number of halogens is 4. The molecule has 1 aromatic carbocycles. The first-order valence-electron chi connectivity index (χ1n) is 5.70. The number of carbonyl (C=O) groups is 1. The zero-order valence-corrected chi connectivity index (χ0v) is 11.1. The fraction of sp³-hybridized carbons (Fsp3) is 0.154. The Bertz CT molecular complexity index is 667. The topological polar surface area (TPSA) is 62.5 Å². The molecular formula is C13H9ClF3NO3. The molecule has 4 nitrogen and oxygen atoms in total. The van der Waals surface area contributed by atoms with Crippen molar-refractivity contribution < 1.29 is 27.5 Å².